The third kappa shape index (κ3) is 7.24. The number of likely N-dealkylation sites (tertiary alicyclic amines) is 1. The van der Waals surface area contributed by atoms with Crippen molar-refractivity contribution in [3.8, 4) is 0 Å². The fourth-order valence-corrected chi connectivity index (χ4v) is 3.70. The van der Waals surface area contributed by atoms with Crippen molar-refractivity contribution >= 4 is 5.97 Å². The lowest BCUT2D eigenvalue weighted by atomic mass is 10.1. The van der Waals surface area contributed by atoms with E-state index in [1.165, 1.54) is 5.56 Å². The van der Waals surface area contributed by atoms with Crippen LogP contribution in [-0.4, -0.2) is 54.0 Å². The Morgan fingerprint density at radius 3 is 2.52 bits per heavy atom. The number of aliphatic carboxylic acids is 1. The highest BCUT2D eigenvalue weighted by Gasteiger charge is 2.42. The smallest absolute Gasteiger partial charge is 0.305 e. The molecule has 2 rings (SSSR count). The van der Waals surface area contributed by atoms with E-state index in [-0.39, 0.29) is 24.6 Å². The van der Waals surface area contributed by atoms with Crippen molar-refractivity contribution in [3.63, 3.8) is 0 Å². The molecule has 1 heterocycles. The molecule has 0 bridgehead atoms. The first-order valence-electron chi connectivity index (χ1n) is 10.4. The molecule has 1 saturated heterocycles. The Balaban J connectivity index is 2.10. The largest absolute Gasteiger partial charge is 0.481 e. The van der Waals surface area contributed by atoms with E-state index in [0.29, 0.717) is 13.2 Å². The Labute approximate surface area is 163 Å². The first-order chi connectivity index (χ1) is 13.2. The maximum atomic E-state index is 11.5. The number of carboxylic acids is 1. The van der Waals surface area contributed by atoms with Gasteiger partial charge in [-0.1, -0.05) is 57.0 Å². The van der Waals surface area contributed by atoms with Crippen molar-refractivity contribution in [2.45, 2.75) is 77.1 Å². The summed E-state index contributed by atoms with van der Waals surface area (Å²) in [5.74, 6) is -0.769. The molecule has 5 heteroatoms. The van der Waals surface area contributed by atoms with Gasteiger partial charge in [0.05, 0.1) is 19.1 Å². The average molecular weight is 378 g/mol. The Bertz CT molecular complexity index is 536. The van der Waals surface area contributed by atoms with Gasteiger partial charge in [0.25, 0.3) is 0 Å². The molecular formula is C22H35NO4. The van der Waals surface area contributed by atoms with Crippen LogP contribution in [0.25, 0.3) is 0 Å². The molecule has 0 amide bonds. The van der Waals surface area contributed by atoms with E-state index < -0.39 is 5.97 Å². The van der Waals surface area contributed by atoms with E-state index in [0.717, 1.165) is 45.3 Å². The summed E-state index contributed by atoms with van der Waals surface area (Å²) in [5, 5.41) is 9.47. The standard InChI is InChI=1S/C22H35NO4/c1-3-5-12-26-17-19-14-21(27-13-6-4-2)20(15-22(24)25)23(19)16-18-10-8-7-9-11-18/h7-11,19-21H,3-6,12-17H2,1-2H3,(H,24,25)/t19-,20?,21-/m0/s1. The van der Waals surface area contributed by atoms with Crippen LogP contribution in [0.3, 0.4) is 0 Å². The zero-order chi connectivity index (χ0) is 19.5. The minimum atomic E-state index is -0.769. The van der Waals surface area contributed by atoms with E-state index in [1.54, 1.807) is 0 Å². The van der Waals surface area contributed by atoms with Crippen LogP contribution >= 0.6 is 0 Å². The van der Waals surface area contributed by atoms with Crippen molar-refractivity contribution in [2.75, 3.05) is 19.8 Å². The molecule has 1 aliphatic heterocycles. The van der Waals surface area contributed by atoms with Gasteiger partial charge in [-0.05, 0) is 24.8 Å². The third-order valence-corrected chi connectivity index (χ3v) is 5.20. The molecule has 1 unspecified atom stereocenters. The lowest BCUT2D eigenvalue weighted by Gasteiger charge is -2.30. The van der Waals surface area contributed by atoms with Crippen LogP contribution in [0.5, 0.6) is 0 Å². The summed E-state index contributed by atoms with van der Waals surface area (Å²) in [4.78, 5) is 13.8. The second kappa shape index (κ2) is 12.1. The van der Waals surface area contributed by atoms with E-state index in [4.69, 9.17) is 9.47 Å². The van der Waals surface area contributed by atoms with Crippen LogP contribution in [0, 0.1) is 0 Å². The number of rotatable bonds is 13. The summed E-state index contributed by atoms with van der Waals surface area (Å²) in [6.07, 6.45) is 5.15. The number of unbranched alkanes of at least 4 members (excludes halogenated alkanes) is 2. The number of hydrogen-bond acceptors (Lipinski definition) is 4. The Morgan fingerprint density at radius 1 is 1.15 bits per heavy atom. The van der Waals surface area contributed by atoms with Gasteiger partial charge in [0.1, 0.15) is 0 Å². The number of nitrogens with zero attached hydrogens (tertiary/aromatic N) is 1. The van der Waals surface area contributed by atoms with E-state index in [1.807, 2.05) is 18.2 Å². The zero-order valence-corrected chi connectivity index (χ0v) is 16.8. The van der Waals surface area contributed by atoms with Gasteiger partial charge in [-0.15, -0.1) is 0 Å². The lowest BCUT2D eigenvalue weighted by Crippen LogP contribution is -2.42. The summed E-state index contributed by atoms with van der Waals surface area (Å²) in [6, 6.07) is 10.3. The lowest BCUT2D eigenvalue weighted by molar-refractivity contribution is -0.139. The van der Waals surface area contributed by atoms with Gasteiger partial charge in [-0.2, -0.15) is 0 Å². The molecule has 1 aromatic carbocycles. The minimum Gasteiger partial charge on any atom is -0.481 e. The monoisotopic (exact) mass is 377 g/mol. The average Bonchev–Trinajstić information content (AvgIpc) is 2.96. The molecule has 1 aliphatic rings. The van der Waals surface area contributed by atoms with Crippen LogP contribution in [0.2, 0.25) is 0 Å². The summed E-state index contributed by atoms with van der Waals surface area (Å²) in [6.45, 7) is 7.11. The van der Waals surface area contributed by atoms with E-state index in [2.05, 4.69) is 30.9 Å². The third-order valence-electron chi connectivity index (χ3n) is 5.20. The maximum absolute atomic E-state index is 11.5. The number of ether oxygens (including phenoxy) is 2. The molecule has 0 spiro atoms. The van der Waals surface area contributed by atoms with Gasteiger partial charge in [0.15, 0.2) is 0 Å². The van der Waals surface area contributed by atoms with Gasteiger partial charge in [0, 0.05) is 31.8 Å². The number of carboxylic acid groups (broad SMARTS) is 1. The fraction of sp³-hybridized carbons (Fsp3) is 0.682. The first kappa shape index (κ1) is 21.9. The SMILES string of the molecule is CCCCOC[C@@H]1C[C@H](OCCCC)C(CC(=O)O)N1Cc1ccccc1. The molecule has 3 atom stereocenters. The summed E-state index contributed by atoms with van der Waals surface area (Å²) in [7, 11) is 0. The van der Waals surface area contributed by atoms with Crippen molar-refractivity contribution in [2.24, 2.45) is 0 Å². The fourth-order valence-electron chi connectivity index (χ4n) is 3.70. The summed E-state index contributed by atoms with van der Waals surface area (Å²) >= 11 is 0. The molecule has 152 valence electrons. The van der Waals surface area contributed by atoms with Crippen molar-refractivity contribution < 1.29 is 19.4 Å². The zero-order valence-electron chi connectivity index (χ0n) is 16.8. The van der Waals surface area contributed by atoms with Gasteiger partial charge >= 0.3 is 5.97 Å². The first-order valence-corrected chi connectivity index (χ1v) is 10.4. The maximum Gasteiger partial charge on any atom is 0.305 e. The molecule has 1 N–H and O–H groups in total. The highest BCUT2D eigenvalue weighted by atomic mass is 16.5. The molecule has 0 aliphatic carbocycles. The van der Waals surface area contributed by atoms with Crippen LogP contribution in [0.15, 0.2) is 30.3 Å². The molecule has 0 saturated carbocycles. The predicted octanol–water partition coefficient (Wildman–Crippen LogP) is 4.11. The Morgan fingerprint density at radius 2 is 1.85 bits per heavy atom. The highest BCUT2D eigenvalue weighted by molar-refractivity contribution is 5.67. The normalized spacial score (nSPS) is 23.0. The Kier molecular flexibility index (Phi) is 9.81. The highest BCUT2D eigenvalue weighted by Crippen LogP contribution is 2.31. The molecule has 27 heavy (non-hydrogen) atoms. The summed E-state index contributed by atoms with van der Waals surface area (Å²) < 4.78 is 12.0. The van der Waals surface area contributed by atoms with Gasteiger partial charge < -0.3 is 14.6 Å². The van der Waals surface area contributed by atoms with Crippen molar-refractivity contribution in [1.29, 1.82) is 0 Å². The Hall–Kier alpha value is -1.43. The number of hydrogen-bond donors (Lipinski definition) is 1. The van der Waals surface area contributed by atoms with Gasteiger partial charge in [0.2, 0.25) is 0 Å². The predicted molar refractivity (Wildman–Crippen MR) is 107 cm³/mol. The van der Waals surface area contributed by atoms with E-state index in [9.17, 15) is 9.90 Å². The second-order valence-electron chi connectivity index (χ2n) is 7.40. The molecule has 0 aromatic heterocycles. The number of carbonyl (C=O) groups is 1. The van der Waals surface area contributed by atoms with Gasteiger partial charge in [-0.25, -0.2) is 0 Å². The molecule has 5 nitrogen and oxygen atoms in total. The van der Waals surface area contributed by atoms with Crippen molar-refractivity contribution in [3.05, 3.63) is 35.9 Å². The van der Waals surface area contributed by atoms with Crippen LogP contribution in [0.1, 0.15) is 57.9 Å². The van der Waals surface area contributed by atoms with Crippen LogP contribution < -0.4 is 0 Å². The van der Waals surface area contributed by atoms with E-state index >= 15 is 0 Å². The van der Waals surface area contributed by atoms with Gasteiger partial charge in [-0.3, -0.25) is 9.69 Å². The molecule has 1 aromatic rings. The second-order valence-corrected chi connectivity index (χ2v) is 7.40. The topological polar surface area (TPSA) is 59.0 Å². The molecule has 1 fully saturated rings. The quantitative estimate of drug-likeness (QED) is 0.524. The minimum absolute atomic E-state index is 0.0452. The van der Waals surface area contributed by atoms with Crippen LogP contribution in [0.4, 0.5) is 0 Å². The molecular weight excluding hydrogens is 342 g/mol. The number of benzene rings is 1. The summed E-state index contributed by atoms with van der Waals surface area (Å²) in [5.41, 5.74) is 1.20. The van der Waals surface area contributed by atoms with Crippen LogP contribution in [-0.2, 0) is 20.8 Å². The molecule has 0 radical (unpaired) electrons. The van der Waals surface area contributed by atoms with Crippen molar-refractivity contribution in [1.82, 2.24) is 4.90 Å².